The Morgan fingerprint density at radius 3 is 1.93 bits per heavy atom. The van der Waals surface area contributed by atoms with Crippen molar-refractivity contribution in [3.63, 3.8) is 0 Å². The van der Waals surface area contributed by atoms with E-state index in [4.69, 9.17) is 29.1 Å². The van der Waals surface area contributed by atoms with E-state index in [1.54, 1.807) is 0 Å². The Bertz CT molecular complexity index is 389. The highest BCUT2D eigenvalue weighted by atomic mass is 14.9. The molecule has 1 fully saturated rings. The summed E-state index contributed by atoms with van der Waals surface area (Å²) in [6.45, 7) is 13.9. The molecule has 5 unspecified atom stereocenters. The summed E-state index contributed by atoms with van der Waals surface area (Å²) in [5, 5.41) is 26.7. The van der Waals surface area contributed by atoms with Crippen molar-refractivity contribution in [3.05, 3.63) is 28.2 Å². The van der Waals surface area contributed by atoms with Crippen LogP contribution in [0.2, 0.25) is 0 Å². The standard InChI is InChI=1S/C10H6N5/c1-14-9-7(4-12)6(3-11)8(5-13)10(9)15-2/h4,6-10H/q-1. The lowest BCUT2D eigenvalue weighted by Gasteiger charge is -2.09. The average Bonchev–Trinajstić information content (AvgIpc) is 2.59. The highest BCUT2D eigenvalue weighted by Crippen LogP contribution is 2.39. The molecule has 1 aliphatic rings. The predicted molar refractivity (Wildman–Crippen MR) is 51.9 cm³/mol. The Morgan fingerprint density at radius 1 is 1.07 bits per heavy atom. The zero-order valence-electron chi connectivity index (χ0n) is 7.70. The molecule has 0 aromatic heterocycles. The number of nitrogens with zero attached hydrogens (tertiary/aromatic N) is 5. The zero-order valence-corrected chi connectivity index (χ0v) is 7.70. The SMILES string of the molecule is [C-]#[N+]C1C(C#N)C(C#N)C(C=[N-])C1[N+]#[C-]. The van der Waals surface area contributed by atoms with Gasteiger partial charge in [-0.3, -0.25) is 0 Å². The second kappa shape index (κ2) is 4.23. The minimum absolute atomic E-state index is 0.698. The normalized spacial score (nSPS) is 38.0. The molecule has 72 valence electrons. The van der Waals surface area contributed by atoms with E-state index in [1.807, 2.05) is 12.1 Å². The first-order valence-electron chi connectivity index (χ1n) is 4.25. The number of rotatable bonds is 1. The van der Waals surface area contributed by atoms with Crippen molar-refractivity contribution >= 4 is 6.21 Å². The third kappa shape index (κ3) is 1.41. The largest absolute Gasteiger partial charge is 0.814 e. The minimum atomic E-state index is -0.814. The van der Waals surface area contributed by atoms with Crippen molar-refractivity contribution < 1.29 is 0 Å². The van der Waals surface area contributed by atoms with Gasteiger partial charge in [0.1, 0.15) is 5.92 Å². The van der Waals surface area contributed by atoms with Crippen LogP contribution in [0, 0.1) is 53.6 Å². The van der Waals surface area contributed by atoms with Gasteiger partial charge in [0.25, 0.3) is 0 Å². The molecule has 0 spiro atoms. The quantitative estimate of drug-likeness (QED) is 0.465. The first-order chi connectivity index (χ1) is 7.24. The van der Waals surface area contributed by atoms with Crippen LogP contribution in [0.1, 0.15) is 0 Å². The van der Waals surface area contributed by atoms with Gasteiger partial charge in [0.2, 0.25) is 0 Å². The molecule has 5 heteroatoms. The monoisotopic (exact) mass is 196 g/mol. The molecule has 0 radical (unpaired) electrons. The summed E-state index contributed by atoms with van der Waals surface area (Å²) < 4.78 is 0. The Hall–Kier alpha value is -2.37. The van der Waals surface area contributed by atoms with Gasteiger partial charge in [0, 0.05) is 0 Å². The fourth-order valence-electron chi connectivity index (χ4n) is 1.93. The molecule has 0 heterocycles. The Labute approximate surface area is 87.7 Å². The van der Waals surface area contributed by atoms with Gasteiger partial charge < -0.3 is 15.1 Å². The minimum Gasteiger partial charge on any atom is -0.814 e. The molecule has 0 N–H and O–H groups in total. The molecular formula is C10H6N5-. The van der Waals surface area contributed by atoms with Crippen LogP contribution in [0.4, 0.5) is 0 Å². The lowest BCUT2D eigenvalue weighted by Crippen LogP contribution is -2.22. The summed E-state index contributed by atoms with van der Waals surface area (Å²) in [5.74, 6) is -2.26. The molecule has 0 aromatic rings. The zero-order chi connectivity index (χ0) is 11.4. The van der Waals surface area contributed by atoms with Crippen molar-refractivity contribution in [1.82, 2.24) is 0 Å². The van der Waals surface area contributed by atoms with Crippen molar-refractivity contribution in [2.75, 3.05) is 0 Å². The number of nitriles is 2. The van der Waals surface area contributed by atoms with Crippen LogP contribution in [0.25, 0.3) is 15.1 Å². The average molecular weight is 196 g/mol. The van der Waals surface area contributed by atoms with E-state index >= 15 is 0 Å². The summed E-state index contributed by atoms with van der Waals surface area (Å²) in [7, 11) is 0. The molecule has 1 aliphatic carbocycles. The highest BCUT2D eigenvalue weighted by Gasteiger charge is 2.58. The molecule has 0 bridgehead atoms. The molecule has 0 amide bonds. The van der Waals surface area contributed by atoms with Crippen molar-refractivity contribution in [1.29, 1.82) is 10.5 Å². The van der Waals surface area contributed by atoms with E-state index in [0.717, 1.165) is 6.21 Å². The lowest BCUT2D eigenvalue weighted by molar-refractivity contribution is 0.531. The lowest BCUT2D eigenvalue weighted by atomic mass is 9.91. The summed E-state index contributed by atoms with van der Waals surface area (Å²) in [4.78, 5) is 6.45. The summed E-state index contributed by atoms with van der Waals surface area (Å²) in [6.07, 6.45) is 0.770. The van der Waals surface area contributed by atoms with Crippen LogP contribution in [-0.2, 0) is 0 Å². The summed E-state index contributed by atoms with van der Waals surface area (Å²) in [6, 6.07) is 2.17. The molecule has 15 heavy (non-hydrogen) atoms. The van der Waals surface area contributed by atoms with E-state index in [2.05, 4.69) is 9.69 Å². The first-order valence-corrected chi connectivity index (χ1v) is 4.25. The van der Waals surface area contributed by atoms with Gasteiger partial charge in [0.15, 0.2) is 0 Å². The number of hydrogen-bond acceptors (Lipinski definition) is 2. The topological polar surface area (TPSA) is 78.6 Å². The van der Waals surface area contributed by atoms with E-state index in [-0.39, 0.29) is 0 Å². The second-order valence-corrected chi connectivity index (χ2v) is 3.28. The molecule has 1 saturated carbocycles. The van der Waals surface area contributed by atoms with Crippen molar-refractivity contribution in [2.24, 2.45) is 17.8 Å². The van der Waals surface area contributed by atoms with Crippen LogP contribution in [-0.4, -0.2) is 18.3 Å². The van der Waals surface area contributed by atoms with Gasteiger partial charge in [-0.05, 0) is 0 Å². The van der Waals surface area contributed by atoms with E-state index in [9.17, 15) is 0 Å². The Morgan fingerprint density at radius 2 is 1.60 bits per heavy atom. The molecule has 0 aromatic carbocycles. The van der Waals surface area contributed by atoms with Gasteiger partial charge in [-0.1, -0.05) is 0 Å². The fourth-order valence-corrected chi connectivity index (χ4v) is 1.93. The van der Waals surface area contributed by atoms with Gasteiger partial charge >= 0.3 is 12.1 Å². The molecule has 0 saturated heterocycles. The fraction of sp³-hybridized carbons (Fsp3) is 0.500. The van der Waals surface area contributed by atoms with Gasteiger partial charge in [0.05, 0.1) is 24.0 Å². The maximum absolute atomic E-state index is 8.96. The molecule has 1 rings (SSSR count). The van der Waals surface area contributed by atoms with Crippen LogP contribution in [0.15, 0.2) is 0 Å². The van der Waals surface area contributed by atoms with Crippen LogP contribution in [0.3, 0.4) is 0 Å². The van der Waals surface area contributed by atoms with E-state index in [0.29, 0.717) is 0 Å². The van der Waals surface area contributed by atoms with Gasteiger partial charge in [-0.15, -0.1) is 0 Å². The van der Waals surface area contributed by atoms with Crippen LogP contribution >= 0.6 is 0 Å². The van der Waals surface area contributed by atoms with Crippen molar-refractivity contribution in [2.45, 2.75) is 12.1 Å². The molecule has 5 atom stereocenters. The summed E-state index contributed by atoms with van der Waals surface area (Å²) >= 11 is 0. The molecule has 0 aliphatic heterocycles. The van der Waals surface area contributed by atoms with Gasteiger partial charge in [-0.25, -0.2) is 19.4 Å². The van der Waals surface area contributed by atoms with Gasteiger partial charge in [-0.2, -0.15) is 10.5 Å². The van der Waals surface area contributed by atoms with Crippen molar-refractivity contribution in [3.8, 4) is 12.1 Å². The predicted octanol–water partition coefficient (Wildman–Crippen LogP) is 1.11. The second-order valence-electron chi connectivity index (χ2n) is 3.28. The maximum Gasteiger partial charge on any atom is 0.314 e. The molecular weight excluding hydrogens is 190 g/mol. The Balaban J connectivity index is 3.20. The number of hydrogen-bond donors (Lipinski definition) is 0. The van der Waals surface area contributed by atoms with Crippen LogP contribution in [0.5, 0.6) is 0 Å². The third-order valence-corrected chi connectivity index (χ3v) is 2.68. The third-order valence-electron chi connectivity index (χ3n) is 2.68. The van der Waals surface area contributed by atoms with Crippen LogP contribution < -0.4 is 0 Å². The highest BCUT2D eigenvalue weighted by molar-refractivity contribution is 5.68. The first kappa shape index (κ1) is 10.7. The smallest absolute Gasteiger partial charge is 0.314 e. The van der Waals surface area contributed by atoms with E-state index in [1.165, 1.54) is 0 Å². The molecule has 5 nitrogen and oxygen atoms in total. The summed E-state index contributed by atoms with van der Waals surface area (Å²) in [5.41, 5.74) is 0. The maximum atomic E-state index is 8.96. The Kier molecular flexibility index (Phi) is 3.02. The van der Waals surface area contributed by atoms with E-state index < -0.39 is 29.8 Å².